The number of hydrogen-bond acceptors (Lipinski definition) is 5. The molecule has 1 aromatic carbocycles. The van der Waals surface area contributed by atoms with Crippen molar-refractivity contribution in [2.24, 2.45) is 0 Å². The monoisotopic (exact) mass is 374 g/mol. The average molecular weight is 374 g/mol. The van der Waals surface area contributed by atoms with Crippen LogP contribution in [0.4, 0.5) is 5.69 Å². The Bertz CT molecular complexity index is 722. The zero-order valence-corrected chi connectivity index (χ0v) is 16.2. The lowest BCUT2D eigenvalue weighted by atomic mass is 10.1. The van der Waals surface area contributed by atoms with Crippen LogP contribution in [0.15, 0.2) is 35.9 Å². The van der Waals surface area contributed by atoms with Crippen LogP contribution in [0.5, 0.6) is 0 Å². The van der Waals surface area contributed by atoms with E-state index in [0.717, 1.165) is 0 Å². The Morgan fingerprint density at radius 1 is 1.07 bits per heavy atom. The topological polar surface area (TPSA) is 92.8 Å². The van der Waals surface area contributed by atoms with E-state index in [1.54, 1.807) is 38.1 Å². The van der Waals surface area contributed by atoms with Gasteiger partial charge in [-0.3, -0.25) is 19.2 Å². The van der Waals surface area contributed by atoms with Gasteiger partial charge in [0.2, 0.25) is 5.91 Å². The standard InChI is InChI=1S/C20H26N2O5/c1-5-22(12-11-19(25)27-6-2)18(24)13-14(3)20(26)21-17-9-7-16(8-10-17)15(4)23/h7-10,13H,5-6,11-12H2,1-4H3,(H,21,26)/b14-13-. The van der Waals surface area contributed by atoms with Gasteiger partial charge in [-0.2, -0.15) is 0 Å². The van der Waals surface area contributed by atoms with Crippen molar-refractivity contribution >= 4 is 29.3 Å². The predicted octanol–water partition coefficient (Wildman–Crippen LogP) is 2.58. The first-order chi connectivity index (χ1) is 12.8. The normalized spacial score (nSPS) is 10.9. The molecule has 0 unspecified atom stereocenters. The van der Waals surface area contributed by atoms with Gasteiger partial charge in [-0.05, 0) is 52.0 Å². The number of nitrogens with one attached hydrogen (secondary N) is 1. The lowest BCUT2D eigenvalue weighted by Gasteiger charge is -2.19. The highest BCUT2D eigenvalue weighted by Gasteiger charge is 2.14. The maximum atomic E-state index is 12.3. The van der Waals surface area contributed by atoms with Crippen molar-refractivity contribution in [3.63, 3.8) is 0 Å². The molecule has 0 fully saturated rings. The number of carbonyl (C=O) groups is 4. The first-order valence-corrected chi connectivity index (χ1v) is 8.83. The third-order valence-corrected chi connectivity index (χ3v) is 3.83. The van der Waals surface area contributed by atoms with Crippen molar-refractivity contribution < 1.29 is 23.9 Å². The Morgan fingerprint density at radius 2 is 1.70 bits per heavy atom. The Morgan fingerprint density at radius 3 is 2.22 bits per heavy atom. The molecule has 0 radical (unpaired) electrons. The third kappa shape index (κ3) is 7.43. The summed E-state index contributed by atoms with van der Waals surface area (Å²) in [5.41, 5.74) is 1.32. The number of carbonyl (C=O) groups excluding carboxylic acids is 4. The summed E-state index contributed by atoms with van der Waals surface area (Å²) in [4.78, 5) is 48.7. The second-order valence-corrected chi connectivity index (χ2v) is 5.89. The molecule has 7 heteroatoms. The Hall–Kier alpha value is -2.96. The number of anilines is 1. The van der Waals surface area contributed by atoms with Gasteiger partial charge in [-0.1, -0.05) is 0 Å². The van der Waals surface area contributed by atoms with E-state index >= 15 is 0 Å². The van der Waals surface area contributed by atoms with Crippen LogP contribution in [-0.2, 0) is 19.1 Å². The summed E-state index contributed by atoms with van der Waals surface area (Å²) in [5.74, 6) is -1.19. The van der Waals surface area contributed by atoms with Crippen LogP contribution in [0.1, 0.15) is 44.5 Å². The van der Waals surface area contributed by atoms with E-state index in [4.69, 9.17) is 4.74 Å². The summed E-state index contributed by atoms with van der Waals surface area (Å²) in [6.45, 7) is 7.46. The molecule has 0 atom stereocenters. The van der Waals surface area contributed by atoms with Gasteiger partial charge in [0.25, 0.3) is 5.91 Å². The van der Waals surface area contributed by atoms with E-state index in [-0.39, 0.29) is 36.2 Å². The number of hydrogen-bond donors (Lipinski definition) is 1. The number of rotatable bonds is 9. The average Bonchev–Trinajstić information content (AvgIpc) is 2.62. The maximum Gasteiger partial charge on any atom is 0.307 e. The lowest BCUT2D eigenvalue weighted by molar-refractivity contribution is -0.143. The fraction of sp³-hybridized carbons (Fsp3) is 0.400. The SMILES string of the molecule is CCOC(=O)CCN(CC)C(=O)/C=C(/C)C(=O)Nc1ccc(C(C)=O)cc1. The van der Waals surface area contributed by atoms with Crippen molar-refractivity contribution in [3.8, 4) is 0 Å². The van der Waals surface area contributed by atoms with E-state index in [1.165, 1.54) is 24.8 Å². The highest BCUT2D eigenvalue weighted by molar-refractivity contribution is 6.07. The zero-order chi connectivity index (χ0) is 20.4. The molecule has 7 nitrogen and oxygen atoms in total. The fourth-order valence-corrected chi connectivity index (χ4v) is 2.24. The minimum Gasteiger partial charge on any atom is -0.466 e. The third-order valence-electron chi connectivity index (χ3n) is 3.83. The molecule has 0 aromatic heterocycles. The maximum absolute atomic E-state index is 12.3. The number of amides is 2. The van der Waals surface area contributed by atoms with Gasteiger partial charge in [-0.15, -0.1) is 0 Å². The van der Waals surface area contributed by atoms with E-state index in [0.29, 0.717) is 24.4 Å². The van der Waals surface area contributed by atoms with Gasteiger partial charge in [0.15, 0.2) is 5.78 Å². The molecule has 146 valence electrons. The molecule has 0 aliphatic rings. The van der Waals surface area contributed by atoms with Crippen molar-refractivity contribution in [1.82, 2.24) is 4.90 Å². The quantitative estimate of drug-likeness (QED) is 0.407. The number of esters is 1. The second kappa shape index (κ2) is 10.9. The summed E-state index contributed by atoms with van der Waals surface area (Å²) in [6.07, 6.45) is 1.35. The molecule has 1 aromatic rings. The first kappa shape index (κ1) is 22.1. The van der Waals surface area contributed by atoms with Gasteiger partial charge in [0.05, 0.1) is 13.0 Å². The number of benzene rings is 1. The Balaban J connectivity index is 2.68. The van der Waals surface area contributed by atoms with Crippen LogP contribution >= 0.6 is 0 Å². The van der Waals surface area contributed by atoms with Gasteiger partial charge < -0.3 is 15.0 Å². The molecule has 2 amide bonds. The minimum atomic E-state index is -0.416. The molecule has 0 heterocycles. The van der Waals surface area contributed by atoms with E-state index in [1.807, 2.05) is 0 Å². The van der Waals surface area contributed by atoms with Gasteiger partial charge >= 0.3 is 5.97 Å². The Labute approximate surface area is 159 Å². The molecule has 0 spiro atoms. The Kier molecular flexibility index (Phi) is 8.92. The molecule has 0 saturated heterocycles. The van der Waals surface area contributed by atoms with Crippen LogP contribution in [-0.4, -0.2) is 48.2 Å². The summed E-state index contributed by atoms with van der Waals surface area (Å²) in [6, 6.07) is 6.50. The summed E-state index contributed by atoms with van der Waals surface area (Å²) < 4.78 is 4.85. The first-order valence-electron chi connectivity index (χ1n) is 8.83. The molecule has 0 bridgehead atoms. The number of Topliss-reactive ketones (excluding diaryl/α,β-unsaturated/α-hetero) is 1. The van der Waals surface area contributed by atoms with Crippen LogP contribution in [0, 0.1) is 0 Å². The second-order valence-electron chi connectivity index (χ2n) is 5.89. The molecule has 0 aliphatic heterocycles. The highest BCUT2D eigenvalue weighted by atomic mass is 16.5. The van der Waals surface area contributed by atoms with Crippen molar-refractivity contribution in [1.29, 1.82) is 0 Å². The van der Waals surface area contributed by atoms with Crippen molar-refractivity contribution in [3.05, 3.63) is 41.5 Å². The van der Waals surface area contributed by atoms with Gasteiger partial charge in [0, 0.05) is 36.0 Å². The van der Waals surface area contributed by atoms with Crippen LogP contribution in [0.25, 0.3) is 0 Å². The zero-order valence-electron chi connectivity index (χ0n) is 16.2. The predicted molar refractivity (Wildman–Crippen MR) is 102 cm³/mol. The molecule has 1 N–H and O–H groups in total. The number of nitrogens with zero attached hydrogens (tertiary/aromatic N) is 1. The van der Waals surface area contributed by atoms with E-state index in [9.17, 15) is 19.2 Å². The minimum absolute atomic E-state index is 0.0583. The smallest absolute Gasteiger partial charge is 0.307 e. The highest BCUT2D eigenvalue weighted by Crippen LogP contribution is 2.11. The summed E-state index contributed by atoms with van der Waals surface area (Å²) in [5, 5.41) is 2.67. The van der Waals surface area contributed by atoms with E-state index in [2.05, 4.69) is 5.32 Å². The number of ether oxygens (including phenoxy) is 1. The lowest BCUT2D eigenvalue weighted by Crippen LogP contribution is -2.32. The molecule has 1 rings (SSSR count). The molecule has 0 aliphatic carbocycles. The largest absolute Gasteiger partial charge is 0.466 e. The fourth-order valence-electron chi connectivity index (χ4n) is 2.24. The van der Waals surface area contributed by atoms with Crippen LogP contribution in [0.2, 0.25) is 0 Å². The summed E-state index contributed by atoms with van der Waals surface area (Å²) >= 11 is 0. The van der Waals surface area contributed by atoms with Crippen LogP contribution in [0.3, 0.4) is 0 Å². The van der Waals surface area contributed by atoms with Gasteiger partial charge in [0.1, 0.15) is 0 Å². The van der Waals surface area contributed by atoms with E-state index < -0.39 is 5.91 Å². The molecular weight excluding hydrogens is 348 g/mol. The molecule has 0 saturated carbocycles. The van der Waals surface area contributed by atoms with Crippen molar-refractivity contribution in [2.45, 2.75) is 34.1 Å². The summed E-state index contributed by atoms with van der Waals surface area (Å²) in [7, 11) is 0. The number of likely N-dealkylation sites (N-methyl/N-ethyl adjacent to an activating group) is 1. The van der Waals surface area contributed by atoms with Crippen molar-refractivity contribution in [2.75, 3.05) is 25.0 Å². The molecular formula is C20H26N2O5. The van der Waals surface area contributed by atoms with Crippen LogP contribution < -0.4 is 5.32 Å². The van der Waals surface area contributed by atoms with Gasteiger partial charge in [-0.25, -0.2) is 0 Å². The number of ketones is 1. The molecule has 27 heavy (non-hydrogen) atoms.